The summed E-state index contributed by atoms with van der Waals surface area (Å²) in [5.41, 5.74) is 0. The molecule has 0 aromatic carbocycles. The monoisotopic (exact) mass is 230 g/mol. The fraction of sp³-hybridized carbons (Fsp3) is 1.00. The third-order valence-electron chi connectivity index (χ3n) is 1.26. The summed E-state index contributed by atoms with van der Waals surface area (Å²) in [7, 11) is 0. The van der Waals surface area contributed by atoms with Gasteiger partial charge in [-0.25, -0.2) is 0 Å². The molecule has 0 atom stereocenters. The maximum absolute atomic E-state index is 11.3. The van der Waals surface area contributed by atoms with Gasteiger partial charge in [0.25, 0.3) is 0 Å². The molecule has 1 aliphatic heterocycles. The second kappa shape index (κ2) is 3.38. The van der Waals surface area contributed by atoms with E-state index in [0.29, 0.717) is 19.1 Å². The van der Waals surface area contributed by atoms with Gasteiger partial charge in [-0.15, -0.1) is 0 Å². The van der Waals surface area contributed by atoms with Crippen LogP contribution in [0.25, 0.3) is 0 Å². The topological polar surface area (TPSA) is 35.5 Å². The van der Waals surface area contributed by atoms with Gasteiger partial charge in [0.05, 0.1) is 0 Å². The Kier molecular flexibility index (Phi) is 2.96. The van der Waals surface area contributed by atoms with Gasteiger partial charge >= 0.3 is 66.3 Å². The van der Waals surface area contributed by atoms with Crippen molar-refractivity contribution in [3.05, 3.63) is 0 Å². The Bertz CT molecular complexity index is 149. The Morgan fingerprint density at radius 1 is 1.50 bits per heavy atom. The van der Waals surface area contributed by atoms with Crippen molar-refractivity contribution in [1.82, 2.24) is 0 Å². The molecule has 1 heterocycles. The third kappa shape index (κ3) is 2.08. The van der Waals surface area contributed by atoms with E-state index < -0.39 is 6.29 Å². The molecule has 1 fully saturated rings. The molecule has 0 aromatic heterocycles. The van der Waals surface area contributed by atoms with Gasteiger partial charge in [0.2, 0.25) is 0 Å². The summed E-state index contributed by atoms with van der Waals surface area (Å²) in [6.07, 6.45) is -2.57. The molecule has 0 saturated carbocycles. The van der Waals surface area contributed by atoms with Gasteiger partial charge in [0, 0.05) is 0 Å². The van der Waals surface area contributed by atoms with E-state index in [-0.39, 0.29) is 14.5 Å². The summed E-state index contributed by atoms with van der Waals surface area (Å²) in [4.78, 5) is 0. The van der Waals surface area contributed by atoms with Crippen LogP contribution in [0.15, 0.2) is 0 Å². The summed E-state index contributed by atoms with van der Waals surface area (Å²) >= 11 is -0.0207. The molecular formula is C5H11O3PSe. The van der Waals surface area contributed by atoms with Gasteiger partial charge in [-0.2, -0.15) is 0 Å². The van der Waals surface area contributed by atoms with Gasteiger partial charge in [-0.1, -0.05) is 0 Å². The van der Waals surface area contributed by atoms with Crippen LogP contribution in [-0.4, -0.2) is 27.7 Å². The van der Waals surface area contributed by atoms with E-state index in [1.807, 2.05) is 12.7 Å². The van der Waals surface area contributed by atoms with Crippen molar-refractivity contribution >= 4 is 20.8 Å². The minimum atomic E-state index is -2.57. The van der Waals surface area contributed by atoms with E-state index >= 15 is 0 Å². The van der Waals surface area contributed by atoms with Crippen LogP contribution in [0.5, 0.6) is 0 Å². The molecule has 0 aromatic rings. The van der Waals surface area contributed by atoms with Crippen molar-refractivity contribution in [3.63, 3.8) is 0 Å². The van der Waals surface area contributed by atoms with Crippen LogP contribution >= 0.6 is 6.29 Å². The zero-order valence-electron chi connectivity index (χ0n) is 6.07. The minimum absolute atomic E-state index is 0.0207. The zero-order valence-corrected chi connectivity index (χ0v) is 8.68. The summed E-state index contributed by atoms with van der Waals surface area (Å²) < 4.78 is 21.5. The summed E-state index contributed by atoms with van der Waals surface area (Å²) in [6.45, 7) is 3.20. The first-order valence-electron chi connectivity index (χ1n) is 3.11. The second-order valence-electron chi connectivity index (χ2n) is 2.33. The molecule has 60 valence electrons. The van der Waals surface area contributed by atoms with E-state index in [9.17, 15) is 4.57 Å². The first-order chi connectivity index (χ1) is 4.66. The number of hydrogen-bond donors (Lipinski definition) is 0. The summed E-state index contributed by atoms with van der Waals surface area (Å²) in [5, 5.41) is 0. The Morgan fingerprint density at radius 3 is 2.40 bits per heavy atom. The molecule has 0 N–H and O–H groups in total. The average Bonchev–Trinajstić information content (AvgIpc) is 1.96. The fourth-order valence-corrected chi connectivity index (χ4v) is 3.88. The third-order valence-corrected chi connectivity index (χ3v) is 6.78. The van der Waals surface area contributed by atoms with Crippen LogP contribution < -0.4 is 0 Å². The molecule has 0 unspecified atom stereocenters. The van der Waals surface area contributed by atoms with Crippen LogP contribution in [0.4, 0.5) is 0 Å². The van der Waals surface area contributed by atoms with Crippen LogP contribution in [0.2, 0.25) is 5.82 Å². The maximum atomic E-state index is 11.3. The van der Waals surface area contributed by atoms with Crippen molar-refractivity contribution in [2.45, 2.75) is 12.7 Å². The van der Waals surface area contributed by atoms with Crippen LogP contribution in [-0.2, 0) is 13.6 Å². The molecule has 1 aliphatic rings. The van der Waals surface area contributed by atoms with Crippen molar-refractivity contribution in [1.29, 1.82) is 0 Å². The molecule has 0 amide bonds. The van der Waals surface area contributed by atoms with E-state index in [1.54, 1.807) is 0 Å². The zero-order chi connectivity index (χ0) is 7.61. The standard InChI is InChI=1S/C5H11O3PSe/c1-5-3-7-9(6,10-2)8-4-5/h5H,3-4H2,1-2H3. The normalized spacial score (nSPS) is 41.6. The van der Waals surface area contributed by atoms with Crippen LogP contribution in [0.1, 0.15) is 6.92 Å². The predicted octanol–water partition coefficient (Wildman–Crippen LogP) is 1.53. The molecule has 1 saturated heterocycles. The molecule has 5 heteroatoms. The molecule has 10 heavy (non-hydrogen) atoms. The van der Waals surface area contributed by atoms with Crippen molar-refractivity contribution in [2.75, 3.05) is 13.2 Å². The summed E-state index contributed by atoms with van der Waals surface area (Å²) in [5.74, 6) is 2.27. The van der Waals surface area contributed by atoms with Crippen molar-refractivity contribution < 1.29 is 13.6 Å². The van der Waals surface area contributed by atoms with Crippen LogP contribution in [0, 0.1) is 5.92 Å². The molecule has 1 rings (SSSR count). The Hall–Kier alpha value is 0.669. The first-order valence-corrected chi connectivity index (χ1v) is 8.58. The van der Waals surface area contributed by atoms with E-state index in [2.05, 4.69) is 0 Å². The molecule has 0 spiro atoms. The van der Waals surface area contributed by atoms with E-state index in [4.69, 9.17) is 9.05 Å². The molecule has 0 bridgehead atoms. The fourth-order valence-electron chi connectivity index (χ4n) is 0.628. The first kappa shape index (κ1) is 8.76. The quantitative estimate of drug-likeness (QED) is 0.505. The van der Waals surface area contributed by atoms with Gasteiger partial charge in [0.15, 0.2) is 0 Å². The molecular weight excluding hydrogens is 218 g/mol. The van der Waals surface area contributed by atoms with E-state index in [1.165, 1.54) is 0 Å². The SMILES string of the molecule is C[Se]P1(=O)OCC(C)CO1. The van der Waals surface area contributed by atoms with Gasteiger partial charge in [-0.05, 0) is 0 Å². The summed E-state index contributed by atoms with van der Waals surface area (Å²) in [6, 6.07) is 0. The van der Waals surface area contributed by atoms with Crippen molar-refractivity contribution in [2.24, 2.45) is 5.92 Å². The predicted molar refractivity (Wildman–Crippen MR) is 40.3 cm³/mol. The Morgan fingerprint density at radius 2 is 2.00 bits per heavy atom. The molecule has 3 nitrogen and oxygen atoms in total. The van der Waals surface area contributed by atoms with Crippen LogP contribution in [0.3, 0.4) is 0 Å². The Labute approximate surface area is 66.8 Å². The number of rotatable bonds is 1. The average molecular weight is 229 g/mol. The molecule has 0 radical (unpaired) electrons. The van der Waals surface area contributed by atoms with Gasteiger partial charge < -0.3 is 0 Å². The van der Waals surface area contributed by atoms with E-state index in [0.717, 1.165) is 0 Å². The Balaban J connectivity index is 2.46. The van der Waals surface area contributed by atoms with Gasteiger partial charge in [-0.3, -0.25) is 0 Å². The van der Waals surface area contributed by atoms with Crippen molar-refractivity contribution in [3.8, 4) is 0 Å². The van der Waals surface area contributed by atoms with Gasteiger partial charge in [0.1, 0.15) is 0 Å². The number of hydrogen-bond acceptors (Lipinski definition) is 3. The second-order valence-corrected chi connectivity index (χ2v) is 9.22. The molecule has 0 aliphatic carbocycles.